The zero-order chi connectivity index (χ0) is 18.3. The maximum Gasteiger partial charge on any atom is 0.114 e. The highest BCUT2D eigenvalue weighted by Crippen LogP contribution is 2.10. The number of benzene rings is 2. The Bertz CT molecular complexity index is 807. The fraction of sp³-hybridized carbons (Fsp3) is 0.190. The van der Waals surface area contributed by atoms with Crippen molar-refractivity contribution >= 4 is 5.71 Å². The summed E-state index contributed by atoms with van der Waals surface area (Å²) >= 11 is 0. The summed E-state index contributed by atoms with van der Waals surface area (Å²) in [6.07, 6.45) is 0. The molecule has 2 rings (SSSR count). The minimum absolute atomic E-state index is 0.241. The van der Waals surface area contributed by atoms with Crippen LogP contribution in [0.25, 0.3) is 0 Å². The first-order valence-electron chi connectivity index (χ1n) is 8.04. The SMILES string of the molecule is CC(C)(O)CN/C(N)=C(/C#Cc1ccccc1)C(=N)c1ccccc1. The fourth-order valence-electron chi connectivity index (χ4n) is 2.07. The van der Waals surface area contributed by atoms with Gasteiger partial charge in [0, 0.05) is 17.7 Å². The first-order chi connectivity index (χ1) is 11.9. The molecule has 0 saturated carbocycles. The number of allylic oxidation sites excluding steroid dienone is 1. The van der Waals surface area contributed by atoms with E-state index in [4.69, 9.17) is 11.1 Å². The van der Waals surface area contributed by atoms with Gasteiger partial charge in [0.2, 0.25) is 0 Å². The number of hydrogen-bond acceptors (Lipinski definition) is 4. The predicted molar refractivity (Wildman–Crippen MR) is 102 cm³/mol. The van der Waals surface area contributed by atoms with Crippen LogP contribution >= 0.6 is 0 Å². The predicted octanol–water partition coefficient (Wildman–Crippen LogP) is 2.64. The van der Waals surface area contributed by atoms with Crippen molar-refractivity contribution in [3.8, 4) is 11.8 Å². The smallest absolute Gasteiger partial charge is 0.114 e. The van der Waals surface area contributed by atoms with E-state index in [9.17, 15) is 5.11 Å². The van der Waals surface area contributed by atoms with Crippen LogP contribution in [0.4, 0.5) is 0 Å². The standard InChI is InChI=1S/C21H23N3O/c1-21(2,25)15-24-20(23)18(14-13-16-9-5-3-6-10-16)19(22)17-11-7-4-8-12-17/h3-12,22,24-25H,15,23H2,1-2H3/b20-18-,22-19?. The molecule has 2 aromatic carbocycles. The molecule has 128 valence electrons. The van der Waals surface area contributed by atoms with E-state index in [-0.39, 0.29) is 18.1 Å². The van der Waals surface area contributed by atoms with Crippen LogP contribution < -0.4 is 11.1 Å². The van der Waals surface area contributed by atoms with Gasteiger partial charge in [0.15, 0.2) is 0 Å². The molecule has 0 saturated heterocycles. The van der Waals surface area contributed by atoms with Gasteiger partial charge in [0.1, 0.15) is 5.82 Å². The molecule has 0 aliphatic heterocycles. The molecule has 0 atom stereocenters. The molecule has 4 heteroatoms. The summed E-state index contributed by atoms with van der Waals surface area (Å²) in [7, 11) is 0. The van der Waals surface area contributed by atoms with Crippen molar-refractivity contribution in [2.45, 2.75) is 19.4 Å². The molecule has 0 aliphatic carbocycles. The van der Waals surface area contributed by atoms with Gasteiger partial charge in [-0.05, 0) is 26.0 Å². The van der Waals surface area contributed by atoms with Crippen molar-refractivity contribution in [2.75, 3.05) is 6.54 Å². The molecule has 0 fully saturated rings. The maximum atomic E-state index is 9.88. The average Bonchev–Trinajstić information content (AvgIpc) is 2.61. The van der Waals surface area contributed by atoms with Crippen molar-refractivity contribution in [1.29, 1.82) is 5.41 Å². The van der Waals surface area contributed by atoms with Crippen LogP contribution in [-0.2, 0) is 0 Å². The largest absolute Gasteiger partial charge is 0.389 e. The minimum Gasteiger partial charge on any atom is -0.389 e. The van der Waals surface area contributed by atoms with Crippen LogP contribution in [0.3, 0.4) is 0 Å². The Hall–Kier alpha value is -3.03. The zero-order valence-corrected chi connectivity index (χ0v) is 14.5. The van der Waals surface area contributed by atoms with Crippen molar-refractivity contribution in [3.63, 3.8) is 0 Å². The van der Waals surface area contributed by atoms with Crippen molar-refractivity contribution in [1.82, 2.24) is 5.32 Å². The van der Waals surface area contributed by atoms with E-state index in [1.807, 2.05) is 60.7 Å². The van der Waals surface area contributed by atoms with Gasteiger partial charge in [-0.1, -0.05) is 60.4 Å². The fourth-order valence-corrected chi connectivity index (χ4v) is 2.07. The molecule has 0 unspecified atom stereocenters. The number of nitrogens with one attached hydrogen (secondary N) is 2. The second-order valence-electron chi connectivity index (χ2n) is 6.31. The van der Waals surface area contributed by atoms with Gasteiger partial charge in [-0.3, -0.25) is 5.41 Å². The molecule has 5 N–H and O–H groups in total. The number of aliphatic hydroxyl groups is 1. The Balaban J connectivity index is 2.38. The van der Waals surface area contributed by atoms with Gasteiger partial charge in [0.25, 0.3) is 0 Å². The first kappa shape index (κ1) is 18.3. The molecule has 0 aromatic heterocycles. The summed E-state index contributed by atoms with van der Waals surface area (Å²) in [5.41, 5.74) is 7.44. The van der Waals surface area contributed by atoms with Crippen LogP contribution in [0.5, 0.6) is 0 Å². The van der Waals surface area contributed by atoms with Gasteiger partial charge in [-0.2, -0.15) is 0 Å². The molecule has 0 amide bonds. The topological polar surface area (TPSA) is 82.1 Å². The van der Waals surface area contributed by atoms with E-state index in [1.54, 1.807) is 13.8 Å². The summed E-state index contributed by atoms with van der Waals surface area (Å²) in [5, 5.41) is 21.3. The lowest BCUT2D eigenvalue weighted by molar-refractivity contribution is 0.0824. The second kappa shape index (κ2) is 8.18. The Kier molecular flexibility index (Phi) is 5.99. The molecule has 0 radical (unpaired) electrons. The monoisotopic (exact) mass is 333 g/mol. The normalized spacial score (nSPS) is 11.8. The van der Waals surface area contributed by atoms with Crippen LogP contribution in [-0.4, -0.2) is 23.0 Å². The van der Waals surface area contributed by atoms with Gasteiger partial charge >= 0.3 is 0 Å². The summed E-state index contributed by atoms with van der Waals surface area (Å²) < 4.78 is 0. The summed E-state index contributed by atoms with van der Waals surface area (Å²) in [6.45, 7) is 3.63. The van der Waals surface area contributed by atoms with E-state index in [0.29, 0.717) is 5.57 Å². The molecule has 0 spiro atoms. The lowest BCUT2D eigenvalue weighted by Gasteiger charge is -2.19. The Labute approximate surface area is 148 Å². The molecule has 2 aromatic rings. The number of hydrogen-bond donors (Lipinski definition) is 4. The van der Waals surface area contributed by atoms with Gasteiger partial charge in [-0.15, -0.1) is 0 Å². The van der Waals surface area contributed by atoms with Crippen molar-refractivity contribution in [2.24, 2.45) is 5.73 Å². The van der Waals surface area contributed by atoms with Crippen LogP contribution in [0.2, 0.25) is 0 Å². The maximum absolute atomic E-state index is 9.88. The van der Waals surface area contributed by atoms with Crippen molar-refractivity contribution < 1.29 is 5.11 Å². The number of nitrogens with two attached hydrogens (primary N) is 1. The molecule has 4 nitrogen and oxygen atoms in total. The van der Waals surface area contributed by atoms with Crippen LogP contribution in [0.1, 0.15) is 25.0 Å². The third kappa shape index (κ3) is 5.83. The summed E-state index contributed by atoms with van der Waals surface area (Å²) in [6, 6.07) is 18.9. The van der Waals surface area contributed by atoms with E-state index in [2.05, 4.69) is 17.2 Å². The molecule has 0 heterocycles. The zero-order valence-electron chi connectivity index (χ0n) is 14.5. The lowest BCUT2D eigenvalue weighted by Crippen LogP contribution is -2.37. The van der Waals surface area contributed by atoms with E-state index < -0.39 is 5.60 Å². The molecule has 0 aliphatic rings. The van der Waals surface area contributed by atoms with Gasteiger partial charge in [0.05, 0.1) is 16.9 Å². The third-order valence-electron chi connectivity index (χ3n) is 3.40. The second-order valence-corrected chi connectivity index (χ2v) is 6.31. The highest BCUT2D eigenvalue weighted by atomic mass is 16.3. The van der Waals surface area contributed by atoms with E-state index >= 15 is 0 Å². The Morgan fingerprint density at radius 1 is 1.08 bits per heavy atom. The highest BCUT2D eigenvalue weighted by molar-refractivity contribution is 6.13. The quantitative estimate of drug-likeness (QED) is 0.501. The van der Waals surface area contributed by atoms with Crippen molar-refractivity contribution in [3.05, 3.63) is 83.2 Å². The first-order valence-corrected chi connectivity index (χ1v) is 8.04. The molecular formula is C21H23N3O. The van der Waals surface area contributed by atoms with Crippen LogP contribution in [0, 0.1) is 17.3 Å². The van der Waals surface area contributed by atoms with E-state index in [1.165, 1.54) is 0 Å². The molecule has 0 bridgehead atoms. The molecule has 25 heavy (non-hydrogen) atoms. The lowest BCUT2D eigenvalue weighted by atomic mass is 10.0. The Morgan fingerprint density at radius 3 is 2.20 bits per heavy atom. The van der Waals surface area contributed by atoms with Gasteiger partial charge in [-0.25, -0.2) is 0 Å². The minimum atomic E-state index is -0.919. The highest BCUT2D eigenvalue weighted by Gasteiger charge is 2.15. The summed E-state index contributed by atoms with van der Waals surface area (Å²) in [4.78, 5) is 0. The Morgan fingerprint density at radius 2 is 1.64 bits per heavy atom. The van der Waals surface area contributed by atoms with E-state index in [0.717, 1.165) is 11.1 Å². The third-order valence-corrected chi connectivity index (χ3v) is 3.40. The van der Waals surface area contributed by atoms with Gasteiger partial charge < -0.3 is 16.2 Å². The van der Waals surface area contributed by atoms with Crippen LogP contribution in [0.15, 0.2) is 72.1 Å². The number of rotatable bonds is 5. The molecular weight excluding hydrogens is 310 g/mol. The summed E-state index contributed by atoms with van der Waals surface area (Å²) in [5.74, 6) is 6.33. The average molecular weight is 333 g/mol.